The molecule has 0 spiro atoms. The quantitative estimate of drug-likeness (QED) is 0.684. The maximum Gasteiger partial charge on any atom is 0.326 e. The Hall–Kier alpha value is -1.76. The second-order valence-corrected chi connectivity index (χ2v) is 7.90. The van der Waals surface area contributed by atoms with Crippen molar-refractivity contribution < 1.29 is 17.9 Å². The van der Waals surface area contributed by atoms with Crippen molar-refractivity contribution in [2.45, 2.75) is 18.7 Å². The van der Waals surface area contributed by atoms with Crippen LogP contribution in [0.4, 0.5) is 5.69 Å². The summed E-state index contributed by atoms with van der Waals surface area (Å²) in [6, 6.07) is 10.7. The van der Waals surface area contributed by atoms with Gasteiger partial charge in [0.05, 0.1) is 27.2 Å². The van der Waals surface area contributed by atoms with Gasteiger partial charge < -0.3 is 4.74 Å². The van der Waals surface area contributed by atoms with E-state index in [2.05, 4.69) is 0 Å². The van der Waals surface area contributed by atoms with E-state index in [1.807, 2.05) is 6.92 Å². The first kappa shape index (κ1) is 19.6. The Morgan fingerprint density at radius 1 is 1.08 bits per heavy atom. The number of hydrogen-bond donors (Lipinski definition) is 0. The van der Waals surface area contributed by atoms with E-state index < -0.39 is 22.5 Å². The van der Waals surface area contributed by atoms with Crippen LogP contribution >= 0.6 is 23.2 Å². The third-order valence-corrected chi connectivity index (χ3v) is 5.91. The van der Waals surface area contributed by atoms with Gasteiger partial charge in [-0.25, -0.2) is 8.42 Å². The van der Waals surface area contributed by atoms with Crippen LogP contribution in [-0.4, -0.2) is 27.5 Å². The van der Waals surface area contributed by atoms with E-state index >= 15 is 0 Å². The molecular formula is C17H17Cl2NO4S. The van der Waals surface area contributed by atoms with Gasteiger partial charge in [0.25, 0.3) is 10.0 Å². The summed E-state index contributed by atoms with van der Waals surface area (Å²) in [4.78, 5) is 12.0. The first-order valence-electron chi connectivity index (χ1n) is 7.45. The van der Waals surface area contributed by atoms with Crippen molar-refractivity contribution in [2.75, 3.05) is 17.5 Å². The highest BCUT2D eigenvalue weighted by atomic mass is 35.5. The molecule has 25 heavy (non-hydrogen) atoms. The number of esters is 1. The van der Waals surface area contributed by atoms with Gasteiger partial charge in [0.2, 0.25) is 0 Å². The van der Waals surface area contributed by atoms with E-state index in [9.17, 15) is 13.2 Å². The zero-order valence-electron chi connectivity index (χ0n) is 13.7. The van der Waals surface area contributed by atoms with Crippen LogP contribution in [0.1, 0.15) is 12.5 Å². The Kier molecular flexibility index (Phi) is 6.32. The Balaban J connectivity index is 2.51. The summed E-state index contributed by atoms with van der Waals surface area (Å²) in [5.41, 5.74) is 1.15. The second-order valence-electron chi connectivity index (χ2n) is 5.23. The third-order valence-electron chi connectivity index (χ3n) is 3.38. The highest BCUT2D eigenvalue weighted by molar-refractivity contribution is 7.92. The average Bonchev–Trinajstić information content (AvgIpc) is 2.56. The van der Waals surface area contributed by atoms with Crippen LogP contribution in [0.2, 0.25) is 10.0 Å². The maximum absolute atomic E-state index is 13.0. The van der Waals surface area contributed by atoms with Gasteiger partial charge in [-0.05, 0) is 44.2 Å². The number of anilines is 1. The minimum Gasteiger partial charge on any atom is -0.465 e. The number of carbonyl (C=O) groups excluding carboxylic acids is 1. The van der Waals surface area contributed by atoms with Crippen LogP contribution in [0.15, 0.2) is 47.4 Å². The fourth-order valence-corrected chi connectivity index (χ4v) is 3.81. The number of sulfonamides is 1. The van der Waals surface area contributed by atoms with E-state index in [4.69, 9.17) is 27.9 Å². The largest absolute Gasteiger partial charge is 0.465 e. The summed E-state index contributed by atoms with van der Waals surface area (Å²) in [5, 5.41) is 0.473. The van der Waals surface area contributed by atoms with Crippen molar-refractivity contribution in [1.29, 1.82) is 0 Å². The lowest BCUT2D eigenvalue weighted by Crippen LogP contribution is -2.36. The molecule has 0 saturated carbocycles. The molecule has 0 amide bonds. The van der Waals surface area contributed by atoms with E-state index in [1.54, 1.807) is 19.1 Å². The first-order valence-corrected chi connectivity index (χ1v) is 9.65. The maximum atomic E-state index is 13.0. The van der Waals surface area contributed by atoms with Crippen molar-refractivity contribution in [2.24, 2.45) is 0 Å². The number of rotatable bonds is 6. The summed E-state index contributed by atoms with van der Waals surface area (Å²) < 4.78 is 31.9. The topological polar surface area (TPSA) is 63.7 Å². The zero-order valence-corrected chi connectivity index (χ0v) is 16.0. The van der Waals surface area contributed by atoms with E-state index in [0.717, 1.165) is 9.87 Å². The fourth-order valence-electron chi connectivity index (χ4n) is 2.12. The highest BCUT2D eigenvalue weighted by Gasteiger charge is 2.28. The monoisotopic (exact) mass is 401 g/mol. The van der Waals surface area contributed by atoms with Crippen molar-refractivity contribution in [1.82, 2.24) is 0 Å². The van der Waals surface area contributed by atoms with Crippen LogP contribution in [0, 0.1) is 6.92 Å². The summed E-state index contributed by atoms with van der Waals surface area (Å²) >= 11 is 11.9. The van der Waals surface area contributed by atoms with Gasteiger partial charge in [0.1, 0.15) is 6.54 Å². The molecule has 0 unspecified atom stereocenters. The highest BCUT2D eigenvalue weighted by Crippen LogP contribution is 2.30. The minimum absolute atomic E-state index is 0.0634. The SMILES string of the molecule is CCOC(=O)CN(c1ccc(Cl)c(Cl)c1)S(=O)(=O)c1ccc(C)cc1. The van der Waals surface area contributed by atoms with Crippen LogP contribution in [0.25, 0.3) is 0 Å². The number of carbonyl (C=O) groups is 1. The molecule has 134 valence electrons. The average molecular weight is 402 g/mol. The van der Waals surface area contributed by atoms with E-state index in [1.165, 1.54) is 30.3 Å². The lowest BCUT2D eigenvalue weighted by molar-refractivity contribution is -0.141. The molecule has 5 nitrogen and oxygen atoms in total. The van der Waals surface area contributed by atoms with Gasteiger partial charge in [-0.15, -0.1) is 0 Å². The normalized spacial score (nSPS) is 11.2. The predicted molar refractivity (Wildman–Crippen MR) is 98.8 cm³/mol. The van der Waals surface area contributed by atoms with Crippen LogP contribution < -0.4 is 4.31 Å². The molecule has 0 fully saturated rings. The number of ether oxygens (including phenoxy) is 1. The zero-order chi connectivity index (χ0) is 18.6. The van der Waals surface area contributed by atoms with E-state index in [-0.39, 0.29) is 27.2 Å². The summed E-state index contributed by atoms with van der Waals surface area (Å²) in [6.45, 7) is 3.18. The number of halogens is 2. The number of nitrogens with zero attached hydrogens (tertiary/aromatic N) is 1. The van der Waals surface area contributed by atoms with Gasteiger partial charge in [-0.1, -0.05) is 40.9 Å². The van der Waals surface area contributed by atoms with Crippen molar-refractivity contribution in [3.05, 3.63) is 58.1 Å². The standard InChI is InChI=1S/C17H17Cl2NO4S/c1-3-24-17(21)11-20(13-6-9-15(18)16(19)10-13)25(22,23)14-7-4-12(2)5-8-14/h4-10H,3,11H2,1-2H3. The Labute approximate surface area is 157 Å². The lowest BCUT2D eigenvalue weighted by atomic mass is 10.2. The summed E-state index contributed by atoms with van der Waals surface area (Å²) in [6.07, 6.45) is 0. The molecule has 0 aliphatic carbocycles. The molecule has 2 aromatic carbocycles. The van der Waals surface area contributed by atoms with Gasteiger partial charge >= 0.3 is 5.97 Å². The van der Waals surface area contributed by atoms with Gasteiger partial charge in [-0.2, -0.15) is 0 Å². The number of hydrogen-bond acceptors (Lipinski definition) is 4. The fraction of sp³-hybridized carbons (Fsp3) is 0.235. The second kappa shape index (κ2) is 8.08. The molecule has 0 saturated heterocycles. The third kappa shape index (κ3) is 4.66. The Morgan fingerprint density at radius 3 is 2.28 bits per heavy atom. The van der Waals surface area contributed by atoms with Crippen LogP contribution in [-0.2, 0) is 19.6 Å². The molecule has 0 bridgehead atoms. The molecule has 2 aromatic rings. The smallest absolute Gasteiger partial charge is 0.326 e. The van der Waals surface area contributed by atoms with Gasteiger partial charge in [0, 0.05) is 0 Å². The molecule has 0 aromatic heterocycles. The lowest BCUT2D eigenvalue weighted by Gasteiger charge is -2.24. The summed E-state index contributed by atoms with van der Waals surface area (Å²) in [7, 11) is -3.98. The number of benzene rings is 2. The van der Waals surface area contributed by atoms with Crippen molar-refractivity contribution in [3.8, 4) is 0 Å². The predicted octanol–water partition coefficient (Wildman–Crippen LogP) is 4.06. The molecule has 2 rings (SSSR count). The first-order chi connectivity index (χ1) is 11.8. The molecule has 8 heteroatoms. The molecule has 0 aliphatic heterocycles. The van der Waals surface area contributed by atoms with E-state index in [0.29, 0.717) is 0 Å². The molecule has 0 atom stereocenters. The molecule has 0 heterocycles. The summed E-state index contributed by atoms with van der Waals surface area (Å²) in [5.74, 6) is -0.663. The van der Waals surface area contributed by atoms with Gasteiger partial charge in [0.15, 0.2) is 0 Å². The number of aryl methyl sites for hydroxylation is 1. The van der Waals surface area contributed by atoms with Crippen molar-refractivity contribution >= 4 is 44.9 Å². The molecule has 0 radical (unpaired) electrons. The Morgan fingerprint density at radius 2 is 1.72 bits per heavy atom. The Bertz CT molecular complexity index is 867. The molecule has 0 aliphatic rings. The molecular weight excluding hydrogens is 385 g/mol. The minimum atomic E-state index is -3.98. The molecule has 0 N–H and O–H groups in total. The van der Waals surface area contributed by atoms with Crippen LogP contribution in [0.3, 0.4) is 0 Å². The van der Waals surface area contributed by atoms with Crippen molar-refractivity contribution in [3.63, 3.8) is 0 Å². The van der Waals surface area contributed by atoms with Gasteiger partial charge in [-0.3, -0.25) is 9.10 Å². The van der Waals surface area contributed by atoms with Crippen LogP contribution in [0.5, 0.6) is 0 Å².